The molecule has 0 saturated heterocycles. The van der Waals surface area contributed by atoms with Crippen molar-refractivity contribution >= 4 is 11.0 Å². The van der Waals surface area contributed by atoms with E-state index in [-0.39, 0.29) is 11.9 Å². The number of fused-ring (bicyclic) bond motifs is 1. The highest BCUT2D eigenvalue weighted by molar-refractivity contribution is 5.77. The van der Waals surface area contributed by atoms with Crippen molar-refractivity contribution in [2.75, 3.05) is 7.05 Å². The highest BCUT2D eigenvalue weighted by Crippen LogP contribution is 2.28. The molecule has 3 aromatic rings. The lowest BCUT2D eigenvalue weighted by Gasteiger charge is -2.14. The average molecular weight is 269 g/mol. The van der Waals surface area contributed by atoms with Gasteiger partial charge in [0.1, 0.15) is 17.2 Å². The quantitative estimate of drug-likeness (QED) is 0.771. The maximum Gasteiger partial charge on any atom is 0.134 e. The van der Waals surface area contributed by atoms with Crippen molar-refractivity contribution in [2.45, 2.75) is 13.0 Å². The first kappa shape index (κ1) is 12.9. The normalized spacial score (nSPS) is 12.8. The maximum atomic E-state index is 13.4. The number of nitrogens with one attached hydrogen (secondary N) is 1. The molecule has 20 heavy (non-hydrogen) atoms. The van der Waals surface area contributed by atoms with Gasteiger partial charge in [-0.2, -0.15) is 0 Å². The standard InChI is InChI=1S/C17H16FNO/c1-11-9-13(7-8-14(11)18)17(19-2)16-10-12-5-3-4-6-15(12)20-16/h3-10,17,19H,1-2H3. The van der Waals surface area contributed by atoms with E-state index in [4.69, 9.17) is 4.42 Å². The maximum absolute atomic E-state index is 13.4. The van der Waals surface area contributed by atoms with Crippen LogP contribution in [-0.4, -0.2) is 7.05 Å². The molecular formula is C17H16FNO. The molecule has 2 aromatic carbocycles. The van der Waals surface area contributed by atoms with E-state index in [1.807, 2.05) is 43.4 Å². The van der Waals surface area contributed by atoms with Gasteiger partial charge in [-0.15, -0.1) is 0 Å². The van der Waals surface area contributed by atoms with Gasteiger partial charge in [-0.3, -0.25) is 0 Å². The Morgan fingerprint density at radius 3 is 2.60 bits per heavy atom. The molecule has 0 aliphatic rings. The fourth-order valence-corrected chi connectivity index (χ4v) is 2.47. The Balaban J connectivity index is 2.06. The average Bonchev–Trinajstić information content (AvgIpc) is 2.87. The van der Waals surface area contributed by atoms with Gasteiger partial charge >= 0.3 is 0 Å². The van der Waals surface area contributed by atoms with Gasteiger partial charge in [0.25, 0.3) is 0 Å². The van der Waals surface area contributed by atoms with Gasteiger partial charge < -0.3 is 9.73 Å². The summed E-state index contributed by atoms with van der Waals surface area (Å²) in [5, 5.41) is 4.30. The van der Waals surface area contributed by atoms with Crippen LogP contribution in [0, 0.1) is 12.7 Å². The summed E-state index contributed by atoms with van der Waals surface area (Å²) in [4.78, 5) is 0. The molecule has 0 aliphatic carbocycles. The molecular weight excluding hydrogens is 253 g/mol. The van der Waals surface area contributed by atoms with E-state index in [1.165, 1.54) is 6.07 Å². The summed E-state index contributed by atoms with van der Waals surface area (Å²) < 4.78 is 19.3. The summed E-state index contributed by atoms with van der Waals surface area (Å²) in [7, 11) is 1.87. The van der Waals surface area contributed by atoms with Crippen LogP contribution in [0.4, 0.5) is 4.39 Å². The van der Waals surface area contributed by atoms with Crippen molar-refractivity contribution in [3.8, 4) is 0 Å². The molecule has 1 unspecified atom stereocenters. The first-order chi connectivity index (χ1) is 9.69. The molecule has 1 atom stereocenters. The third-order valence-corrected chi connectivity index (χ3v) is 3.53. The second-order valence-electron chi connectivity index (χ2n) is 4.92. The van der Waals surface area contributed by atoms with Crippen molar-refractivity contribution < 1.29 is 8.81 Å². The molecule has 0 spiro atoms. The van der Waals surface area contributed by atoms with Gasteiger partial charge in [0, 0.05) is 5.39 Å². The Morgan fingerprint density at radius 2 is 1.90 bits per heavy atom. The zero-order valence-electron chi connectivity index (χ0n) is 11.5. The molecule has 0 amide bonds. The van der Waals surface area contributed by atoms with Crippen LogP contribution in [0.1, 0.15) is 22.9 Å². The molecule has 3 rings (SSSR count). The van der Waals surface area contributed by atoms with Gasteiger partial charge in [0.2, 0.25) is 0 Å². The van der Waals surface area contributed by atoms with Crippen LogP contribution in [0.3, 0.4) is 0 Å². The zero-order valence-corrected chi connectivity index (χ0v) is 11.5. The van der Waals surface area contributed by atoms with Crippen molar-refractivity contribution in [3.05, 3.63) is 71.2 Å². The number of hydrogen-bond acceptors (Lipinski definition) is 2. The van der Waals surface area contributed by atoms with Gasteiger partial charge in [-0.25, -0.2) is 4.39 Å². The van der Waals surface area contributed by atoms with E-state index in [9.17, 15) is 4.39 Å². The third kappa shape index (κ3) is 2.21. The third-order valence-electron chi connectivity index (χ3n) is 3.53. The van der Waals surface area contributed by atoms with Gasteiger partial charge in [0.05, 0.1) is 6.04 Å². The molecule has 3 heteroatoms. The summed E-state index contributed by atoms with van der Waals surface area (Å²) in [6, 6.07) is 15.0. The molecule has 2 nitrogen and oxygen atoms in total. The minimum Gasteiger partial charge on any atom is -0.459 e. The highest BCUT2D eigenvalue weighted by atomic mass is 19.1. The van der Waals surface area contributed by atoms with Crippen molar-refractivity contribution in [1.82, 2.24) is 5.32 Å². The molecule has 1 heterocycles. The Kier molecular flexibility index (Phi) is 3.28. The molecule has 0 fully saturated rings. The fraction of sp³-hybridized carbons (Fsp3) is 0.176. The number of hydrogen-bond donors (Lipinski definition) is 1. The molecule has 102 valence electrons. The molecule has 1 N–H and O–H groups in total. The summed E-state index contributed by atoms with van der Waals surface area (Å²) in [6.07, 6.45) is 0. The monoisotopic (exact) mass is 269 g/mol. The Labute approximate surface area is 117 Å². The predicted octanol–water partition coefficient (Wildman–Crippen LogP) is 4.19. The van der Waals surface area contributed by atoms with E-state index in [0.29, 0.717) is 5.56 Å². The van der Waals surface area contributed by atoms with Crippen LogP contribution in [0.2, 0.25) is 0 Å². The van der Waals surface area contributed by atoms with E-state index in [1.54, 1.807) is 13.0 Å². The topological polar surface area (TPSA) is 25.2 Å². The lowest BCUT2D eigenvalue weighted by molar-refractivity contribution is 0.491. The van der Waals surface area contributed by atoms with Gasteiger partial charge in [-0.1, -0.05) is 30.3 Å². The largest absolute Gasteiger partial charge is 0.459 e. The summed E-state index contributed by atoms with van der Waals surface area (Å²) in [5.41, 5.74) is 2.49. The minimum absolute atomic E-state index is 0.0818. The number of furan rings is 1. The highest BCUT2D eigenvalue weighted by Gasteiger charge is 2.17. The number of aryl methyl sites for hydroxylation is 1. The Bertz CT molecular complexity index is 715. The van der Waals surface area contributed by atoms with E-state index >= 15 is 0 Å². The number of benzene rings is 2. The van der Waals surface area contributed by atoms with Crippen molar-refractivity contribution in [1.29, 1.82) is 0 Å². The molecule has 0 aliphatic heterocycles. The summed E-state index contributed by atoms with van der Waals surface area (Å²) in [6.45, 7) is 1.77. The van der Waals surface area contributed by atoms with Crippen LogP contribution in [-0.2, 0) is 0 Å². The van der Waals surface area contributed by atoms with Crippen LogP contribution in [0.15, 0.2) is 52.9 Å². The van der Waals surface area contributed by atoms with Crippen LogP contribution < -0.4 is 5.32 Å². The van der Waals surface area contributed by atoms with Crippen LogP contribution in [0.5, 0.6) is 0 Å². The number of para-hydroxylation sites is 1. The molecule has 1 aromatic heterocycles. The van der Waals surface area contributed by atoms with E-state index in [0.717, 1.165) is 22.3 Å². The molecule has 0 saturated carbocycles. The Hall–Kier alpha value is -2.13. The first-order valence-electron chi connectivity index (χ1n) is 6.61. The van der Waals surface area contributed by atoms with Gasteiger partial charge in [-0.05, 0) is 43.3 Å². The van der Waals surface area contributed by atoms with Crippen LogP contribution >= 0.6 is 0 Å². The smallest absolute Gasteiger partial charge is 0.134 e. The minimum atomic E-state index is -0.187. The Morgan fingerprint density at radius 1 is 1.10 bits per heavy atom. The fourth-order valence-electron chi connectivity index (χ4n) is 2.47. The van der Waals surface area contributed by atoms with E-state index in [2.05, 4.69) is 5.32 Å². The summed E-state index contributed by atoms with van der Waals surface area (Å²) >= 11 is 0. The molecule has 0 bridgehead atoms. The lowest BCUT2D eigenvalue weighted by Crippen LogP contribution is -2.17. The zero-order chi connectivity index (χ0) is 14.1. The summed E-state index contributed by atoms with van der Waals surface area (Å²) in [5.74, 6) is 0.646. The first-order valence-corrected chi connectivity index (χ1v) is 6.61. The second-order valence-corrected chi connectivity index (χ2v) is 4.92. The predicted molar refractivity (Wildman–Crippen MR) is 78.3 cm³/mol. The SMILES string of the molecule is CNC(c1ccc(F)c(C)c1)c1cc2ccccc2o1. The van der Waals surface area contributed by atoms with Crippen molar-refractivity contribution in [2.24, 2.45) is 0 Å². The van der Waals surface area contributed by atoms with Crippen LogP contribution in [0.25, 0.3) is 11.0 Å². The number of rotatable bonds is 3. The van der Waals surface area contributed by atoms with Gasteiger partial charge in [0.15, 0.2) is 0 Å². The van der Waals surface area contributed by atoms with E-state index < -0.39 is 0 Å². The lowest BCUT2D eigenvalue weighted by atomic mass is 10.0. The van der Waals surface area contributed by atoms with Crippen molar-refractivity contribution in [3.63, 3.8) is 0 Å². The second kappa shape index (κ2) is 5.10. The number of halogens is 1. The molecule has 0 radical (unpaired) electrons.